The van der Waals surface area contributed by atoms with E-state index in [0.717, 1.165) is 358 Å². The zero-order valence-electron chi connectivity index (χ0n) is 99.4. The lowest BCUT2D eigenvalue weighted by Gasteiger charge is -2.56. The summed E-state index contributed by atoms with van der Waals surface area (Å²) >= 11 is 0. The highest BCUT2D eigenvalue weighted by molar-refractivity contribution is 5.53. The van der Waals surface area contributed by atoms with E-state index in [2.05, 4.69) is 311 Å². The summed E-state index contributed by atoms with van der Waals surface area (Å²) in [5.74, 6) is 12.3. The quantitative estimate of drug-likeness (QED) is 0.0292. The molecule has 145 heavy (non-hydrogen) atoms. The van der Waals surface area contributed by atoms with E-state index in [0.29, 0.717) is 57.4 Å². The zero-order chi connectivity index (χ0) is 107. The molecule has 0 N–H and O–H groups in total. The van der Waals surface area contributed by atoms with Gasteiger partial charge in [0.1, 0.15) is 0 Å². The van der Waals surface area contributed by atoms with Crippen LogP contribution in [0.1, 0.15) is 485 Å². The zero-order valence-corrected chi connectivity index (χ0v) is 99.4. The molecule has 5 saturated heterocycles. The molecular formula is C117H225N23O5. The van der Waals surface area contributed by atoms with Crippen molar-refractivity contribution in [1.29, 1.82) is 0 Å². The van der Waals surface area contributed by atoms with Gasteiger partial charge < -0.3 is 39.2 Å². The van der Waals surface area contributed by atoms with Crippen LogP contribution in [0.5, 0.6) is 0 Å². The van der Waals surface area contributed by atoms with Crippen LogP contribution in [0.15, 0.2) is 0 Å². The molecule has 5 aliphatic heterocycles. The van der Waals surface area contributed by atoms with Crippen molar-refractivity contribution in [2.45, 2.75) is 564 Å². The second kappa shape index (κ2) is 58.1. The topological polar surface area (TPSA) is 208 Å². The molecule has 8 heterocycles. The number of hydrogen-bond donors (Lipinski definition) is 0. The Bertz CT molecular complexity index is 4170. The number of hydrogen-bond acceptors (Lipinski definition) is 28. The average molecular weight is 2030 g/mol. The molecule has 0 atom stereocenters. The number of terminal acetylenes is 1. The van der Waals surface area contributed by atoms with Crippen molar-refractivity contribution >= 4 is 53.5 Å². The first kappa shape index (κ1) is 124. The van der Waals surface area contributed by atoms with Gasteiger partial charge >= 0.3 is 0 Å². The minimum atomic E-state index is -0.354. The Morgan fingerprint density at radius 1 is 0.228 bits per heavy atom. The smallest absolute Gasteiger partial charge is 0.243 e. The summed E-state index contributed by atoms with van der Waals surface area (Å²) < 4.78 is 0. The maximum atomic E-state index is 6.95. The molecule has 3 aromatic heterocycles. The van der Waals surface area contributed by atoms with Gasteiger partial charge in [-0.2, -0.15) is 70.2 Å². The molecule has 28 heteroatoms. The lowest BCUT2D eigenvalue weighted by Crippen LogP contribution is -2.65. The molecule has 3 aromatic rings. The van der Waals surface area contributed by atoms with Crippen molar-refractivity contribution in [2.24, 2.45) is 0 Å². The highest BCUT2D eigenvalue weighted by Gasteiger charge is 2.55. The Morgan fingerprint density at radius 2 is 0.393 bits per heavy atom. The van der Waals surface area contributed by atoms with Crippen LogP contribution in [0.4, 0.5) is 53.5 Å². The predicted molar refractivity (Wildman–Crippen MR) is 618 cm³/mol. The number of nitrogens with zero attached hydrogens (tertiary/aromatic N) is 23. The first-order valence-electron chi connectivity index (χ1n) is 59.0. The van der Waals surface area contributed by atoms with Gasteiger partial charge in [0.15, 0.2) is 0 Å². The van der Waals surface area contributed by atoms with Crippen molar-refractivity contribution in [2.75, 3.05) is 156 Å². The third-order valence-corrected chi connectivity index (χ3v) is 30.9. The highest BCUT2D eigenvalue weighted by atomic mass is 16.7. The molecular weight excluding hydrogens is 1810 g/mol. The summed E-state index contributed by atoms with van der Waals surface area (Å²) in [4.78, 5) is 109. The van der Waals surface area contributed by atoms with Gasteiger partial charge in [-0.05, 0) is 318 Å². The van der Waals surface area contributed by atoms with Crippen LogP contribution in [-0.4, -0.2) is 267 Å². The third kappa shape index (κ3) is 35.0. The van der Waals surface area contributed by atoms with Gasteiger partial charge in [0.05, 0.1) is 33.0 Å². The Labute approximate surface area is 893 Å². The van der Waals surface area contributed by atoms with Crippen LogP contribution in [-0.2, 0) is 24.2 Å². The normalized spacial score (nSPS) is 19.7. The Morgan fingerprint density at radius 3 is 0.586 bits per heavy atom. The van der Waals surface area contributed by atoms with E-state index < -0.39 is 0 Å². The van der Waals surface area contributed by atoms with Gasteiger partial charge in [-0.1, -0.05) is 167 Å². The Balaban J connectivity index is 0.0000116. The standard InChI is InChI=1S/C117H217N23O5.4H2/c1-35-49-66-127(67-50-36-2)99-118-100(128(68-51-37-3)69-52-38-4)121-103(120-99)132(95-86-110(19,20)137(142-80-45-11)111(21,22)87-95)75-62-58-60-64-77-134(97-90-114(27,28)139(144-82-47-13)115(29,30)91-97)106-124-105(131(74-57-43-9)94-84-108(15,16)136(141-79-44-10)109(17,18)85-94)125-107(126-106)135(98-92-116(31,32)140(145-83-48-14)117(33,34)93-98)78-65-61-59-63-76-133(96-88-112(23,24)138(143-81-46-12)113(25,26)89-96)104-122-101(129(70-53-39-5)71-54-40-6)119-102(123-104)130(72-55-41-7)73-56-42-8;;;;/h1,94-98H,36-48,50-65,67-93H2,2-34H3;4*1H. The summed E-state index contributed by atoms with van der Waals surface area (Å²) in [6, 6.07) is 3.71. The fourth-order valence-corrected chi connectivity index (χ4v) is 25.1. The maximum Gasteiger partial charge on any atom is 0.243 e. The van der Waals surface area contributed by atoms with Crippen LogP contribution < -0.4 is 44.1 Å². The van der Waals surface area contributed by atoms with Crippen LogP contribution >= 0.6 is 0 Å². The molecule has 0 unspecified atom stereocenters. The number of anilines is 9. The Hall–Kier alpha value is -6.05. The van der Waals surface area contributed by atoms with E-state index in [1.54, 1.807) is 0 Å². The molecule has 0 aromatic carbocycles. The Kier molecular flexibility index (Phi) is 49.8. The maximum absolute atomic E-state index is 6.95. The first-order chi connectivity index (χ1) is 68.8. The SMILES string of the molecule is C#CC#CN(CCCC)c1nc(N(CCCC)CCCC)nc(N(CCCCCCN(c2nc(N(CCCC)C3CC(C)(C)N(OCCC)C(C)(C)C3)nc(N(CCCCCCN(c3nc(N(CCCC)CCCC)nc(N(CCCC)CCCC)n3)C3CC(C)(C)N(OCCC)C(C)(C)C3)C3CC(C)(C)N(OCCC)C(C)(C)C3)n2)C2CC(C)(C)N(OCCC)C(C)(C)C2)C2CC(C)(C)N(OCCC)C(C)(C)C2)n1.[HH].[HH].[HH].[HH]. The molecule has 5 fully saturated rings. The molecule has 8 rings (SSSR count). The van der Waals surface area contributed by atoms with Gasteiger partial charge in [0, 0.05) is 182 Å². The van der Waals surface area contributed by atoms with Gasteiger partial charge in [-0.15, -0.1) is 6.42 Å². The van der Waals surface area contributed by atoms with Crippen LogP contribution in [0, 0.1) is 24.3 Å². The first-order valence-corrected chi connectivity index (χ1v) is 59.0. The van der Waals surface area contributed by atoms with Crippen LogP contribution in [0.3, 0.4) is 0 Å². The number of rotatable bonds is 67. The molecule has 0 amide bonds. The minimum absolute atomic E-state index is 0. The lowest BCUT2D eigenvalue weighted by atomic mass is 9.78. The minimum Gasteiger partial charge on any atom is -0.341 e. The van der Waals surface area contributed by atoms with Crippen molar-refractivity contribution in [3.63, 3.8) is 0 Å². The third-order valence-electron chi connectivity index (χ3n) is 30.9. The van der Waals surface area contributed by atoms with E-state index in [9.17, 15) is 0 Å². The van der Waals surface area contributed by atoms with Crippen molar-refractivity contribution in [1.82, 2.24) is 70.2 Å². The highest BCUT2D eigenvalue weighted by Crippen LogP contribution is 2.49. The lowest BCUT2D eigenvalue weighted by molar-refractivity contribution is -0.282. The summed E-state index contributed by atoms with van der Waals surface area (Å²) in [5, 5.41) is 11.7. The monoisotopic (exact) mass is 2030 g/mol. The molecule has 0 aliphatic carbocycles. The van der Waals surface area contributed by atoms with Gasteiger partial charge in [0.2, 0.25) is 53.5 Å². The van der Waals surface area contributed by atoms with Gasteiger partial charge in [-0.3, -0.25) is 29.1 Å². The second-order valence-electron chi connectivity index (χ2n) is 49.9. The molecule has 0 saturated carbocycles. The van der Waals surface area contributed by atoms with E-state index in [1.165, 1.54) is 0 Å². The van der Waals surface area contributed by atoms with Crippen molar-refractivity contribution in [3.8, 4) is 24.3 Å². The molecule has 838 valence electrons. The average Bonchev–Trinajstić information content (AvgIpc) is 0.752. The summed E-state index contributed by atoms with van der Waals surface area (Å²) in [5.41, 5.74) is -3.20. The fraction of sp³-hybridized carbons (Fsp3) is 0.889. The molecule has 5 aliphatic rings. The second-order valence-corrected chi connectivity index (χ2v) is 49.9. The number of unbranched alkanes of at least 4 members (excludes halogenated alkanes) is 14. The largest absolute Gasteiger partial charge is 0.341 e. The van der Waals surface area contributed by atoms with Crippen molar-refractivity contribution < 1.29 is 29.9 Å². The van der Waals surface area contributed by atoms with E-state index in [-0.39, 0.29) is 91.3 Å². The summed E-state index contributed by atoms with van der Waals surface area (Å²) in [7, 11) is 0. The molecule has 0 spiro atoms. The molecule has 28 nitrogen and oxygen atoms in total. The van der Waals surface area contributed by atoms with Gasteiger partial charge in [0.25, 0.3) is 0 Å². The van der Waals surface area contributed by atoms with Crippen molar-refractivity contribution in [3.05, 3.63) is 0 Å². The van der Waals surface area contributed by atoms with E-state index >= 15 is 0 Å². The molecule has 0 radical (unpaired) electrons. The van der Waals surface area contributed by atoms with Crippen LogP contribution in [0.25, 0.3) is 0 Å². The summed E-state index contributed by atoms with van der Waals surface area (Å²) in [6.07, 6.45) is 43.8. The molecule has 0 bridgehead atoms. The van der Waals surface area contributed by atoms with E-state index in [4.69, 9.17) is 75.5 Å². The van der Waals surface area contributed by atoms with Crippen LogP contribution in [0.2, 0.25) is 0 Å². The fourth-order valence-electron chi connectivity index (χ4n) is 25.1. The summed E-state index contributed by atoms with van der Waals surface area (Å²) in [6.45, 7) is 90.5. The number of aromatic nitrogens is 9. The number of hydroxylamine groups is 10. The predicted octanol–water partition coefficient (Wildman–Crippen LogP) is 26.8. The number of piperidine rings is 5. The van der Waals surface area contributed by atoms with Gasteiger partial charge in [-0.25, -0.2) is 0 Å². The van der Waals surface area contributed by atoms with E-state index in [1.807, 2.05) is 4.90 Å².